The molecule has 0 N–H and O–H groups in total. The van der Waals surface area contributed by atoms with Gasteiger partial charge in [-0.05, 0) is 60.9 Å². The molecule has 0 saturated carbocycles. The first kappa shape index (κ1) is 22.9. The molecule has 3 nitrogen and oxygen atoms in total. The minimum atomic E-state index is 0.301. The first-order valence-electron chi connectivity index (χ1n) is 12.9. The van der Waals surface area contributed by atoms with Crippen LogP contribution in [0.1, 0.15) is 47.8 Å². The van der Waals surface area contributed by atoms with Crippen LogP contribution in [0.4, 0.5) is 0 Å². The number of nitrogens with zero attached hydrogens (tertiary/aromatic N) is 2. The van der Waals surface area contributed by atoms with Gasteiger partial charge < -0.3 is 9.80 Å². The van der Waals surface area contributed by atoms with Gasteiger partial charge in [-0.1, -0.05) is 91.0 Å². The molecule has 2 fully saturated rings. The Labute approximate surface area is 204 Å². The lowest BCUT2D eigenvalue weighted by Crippen LogP contribution is -2.38. The summed E-state index contributed by atoms with van der Waals surface area (Å²) < 4.78 is 0. The van der Waals surface area contributed by atoms with E-state index in [1.807, 2.05) is 6.07 Å². The van der Waals surface area contributed by atoms with E-state index < -0.39 is 0 Å². The molecule has 5 rings (SSSR count). The fourth-order valence-electron chi connectivity index (χ4n) is 5.90. The van der Waals surface area contributed by atoms with Crippen molar-refractivity contribution in [3.8, 4) is 0 Å². The summed E-state index contributed by atoms with van der Waals surface area (Å²) in [7, 11) is 0. The van der Waals surface area contributed by atoms with E-state index in [1.54, 1.807) is 0 Å². The van der Waals surface area contributed by atoms with Gasteiger partial charge in [-0.3, -0.25) is 4.79 Å². The second-order valence-corrected chi connectivity index (χ2v) is 10.0. The number of benzene rings is 3. The van der Waals surface area contributed by atoms with Crippen LogP contribution in [-0.2, 0) is 11.2 Å². The Hall–Kier alpha value is -2.91. The van der Waals surface area contributed by atoms with Crippen molar-refractivity contribution in [1.29, 1.82) is 0 Å². The quantitative estimate of drug-likeness (QED) is 0.456. The molecule has 2 atom stereocenters. The van der Waals surface area contributed by atoms with E-state index in [9.17, 15) is 4.79 Å². The fraction of sp³-hybridized carbons (Fsp3) is 0.387. The Morgan fingerprint density at radius 2 is 1.32 bits per heavy atom. The van der Waals surface area contributed by atoms with Gasteiger partial charge in [-0.2, -0.15) is 0 Å². The molecule has 176 valence electrons. The zero-order valence-corrected chi connectivity index (χ0v) is 20.1. The molecule has 2 aliphatic heterocycles. The Kier molecular flexibility index (Phi) is 7.40. The summed E-state index contributed by atoms with van der Waals surface area (Å²) in [5.41, 5.74) is 4.11. The number of aryl methyl sites for hydroxylation is 1. The molecule has 2 heterocycles. The van der Waals surface area contributed by atoms with Gasteiger partial charge >= 0.3 is 0 Å². The van der Waals surface area contributed by atoms with Gasteiger partial charge in [-0.15, -0.1) is 0 Å². The summed E-state index contributed by atoms with van der Waals surface area (Å²) >= 11 is 0. The first-order valence-corrected chi connectivity index (χ1v) is 12.9. The molecule has 2 unspecified atom stereocenters. The molecule has 1 amide bonds. The average Bonchev–Trinajstić information content (AvgIpc) is 3.33. The van der Waals surface area contributed by atoms with Crippen LogP contribution in [0.3, 0.4) is 0 Å². The number of amides is 1. The number of rotatable bonds is 7. The molecule has 34 heavy (non-hydrogen) atoms. The maximum Gasteiger partial charge on any atom is 0.222 e. The zero-order valence-electron chi connectivity index (χ0n) is 20.1. The molecule has 0 aliphatic carbocycles. The zero-order chi connectivity index (χ0) is 23.2. The highest BCUT2D eigenvalue weighted by molar-refractivity contribution is 5.77. The molecule has 0 aromatic heterocycles. The van der Waals surface area contributed by atoms with Crippen LogP contribution in [0.25, 0.3) is 0 Å². The van der Waals surface area contributed by atoms with E-state index >= 15 is 0 Å². The lowest BCUT2D eigenvalue weighted by atomic mass is 9.86. The molecule has 3 aromatic rings. The van der Waals surface area contributed by atoms with E-state index in [0.717, 1.165) is 39.1 Å². The maximum absolute atomic E-state index is 13.1. The number of likely N-dealkylation sites (tertiary alicyclic amines) is 2. The third-order valence-corrected chi connectivity index (χ3v) is 7.84. The third-order valence-electron chi connectivity index (χ3n) is 7.84. The second-order valence-electron chi connectivity index (χ2n) is 10.0. The highest BCUT2D eigenvalue weighted by atomic mass is 16.2. The van der Waals surface area contributed by atoms with Gasteiger partial charge in [0.15, 0.2) is 0 Å². The monoisotopic (exact) mass is 452 g/mol. The summed E-state index contributed by atoms with van der Waals surface area (Å²) in [6.07, 6.45) is 3.88. The lowest BCUT2D eigenvalue weighted by Gasteiger charge is -2.34. The number of hydrogen-bond acceptors (Lipinski definition) is 2. The van der Waals surface area contributed by atoms with Crippen molar-refractivity contribution < 1.29 is 4.79 Å². The van der Waals surface area contributed by atoms with Crippen LogP contribution in [-0.4, -0.2) is 48.4 Å². The highest BCUT2D eigenvalue weighted by Crippen LogP contribution is 2.35. The van der Waals surface area contributed by atoms with Gasteiger partial charge in [0.05, 0.1) is 0 Å². The Bertz CT molecular complexity index is 1030. The molecule has 0 bridgehead atoms. The third kappa shape index (κ3) is 5.59. The Morgan fingerprint density at radius 3 is 1.97 bits per heavy atom. The minimum Gasteiger partial charge on any atom is -0.342 e. The van der Waals surface area contributed by atoms with E-state index in [0.29, 0.717) is 30.1 Å². The van der Waals surface area contributed by atoms with Crippen LogP contribution >= 0.6 is 0 Å². The second kappa shape index (κ2) is 11.0. The van der Waals surface area contributed by atoms with Gasteiger partial charge in [0.2, 0.25) is 5.91 Å². The average molecular weight is 453 g/mol. The standard InChI is InChI=1S/C31H36N2O/c34-31(17-16-25-10-4-1-5-11-25)33-23-29(30(24-33)28-14-8-3-9-15-28)22-32-20-18-27(19-21-32)26-12-6-2-7-13-26/h1-15,27,29-30H,16-24H2. The smallest absolute Gasteiger partial charge is 0.222 e. The molecule has 2 aliphatic rings. The normalized spacial score (nSPS) is 21.6. The van der Waals surface area contributed by atoms with Crippen molar-refractivity contribution in [1.82, 2.24) is 9.80 Å². The number of carbonyl (C=O) groups is 1. The summed E-state index contributed by atoms with van der Waals surface area (Å²) in [5.74, 6) is 1.90. The van der Waals surface area contributed by atoms with E-state index in [-0.39, 0.29) is 0 Å². The molecule has 3 heteroatoms. The summed E-state index contributed by atoms with van der Waals surface area (Å²) in [6.45, 7) is 5.12. The van der Waals surface area contributed by atoms with E-state index in [1.165, 1.54) is 29.5 Å². The molecule has 2 saturated heterocycles. The minimum absolute atomic E-state index is 0.301. The van der Waals surface area contributed by atoms with E-state index in [2.05, 4.69) is 94.7 Å². The van der Waals surface area contributed by atoms with Crippen molar-refractivity contribution in [2.75, 3.05) is 32.7 Å². The van der Waals surface area contributed by atoms with Crippen LogP contribution < -0.4 is 0 Å². The van der Waals surface area contributed by atoms with Crippen LogP contribution in [0.15, 0.2) is 91.0 Å². The van der Waals surface area contributed by atoms with Crippen LogP contribution in [0.5, 0.6) is 0 Å². The highest BCUT2D eigenvalue weighted by Gasteiger charge is 2.37. The number of hydrogen-bond donors (Lipinski definition) is 0. The van der Waals surface area contributed by atoms with Crippen molar-refractivity contribution in [2.24, 2.45) is 5.92 Å². The van der Waals surface area contributed by atoms with Crippen molar-refractivity contribution >= 4 is 5.91 Å². The molecule has 0 spiro atoms. The Balaban J connectivity index is 1.21. The predicted octanol–water partition coefficient (Wildman–Crippen LogP) is 5.74. The van der Waals surface area contributed by atoms with Gasteiger partial charge in [0.1, 0.15) is 0 Å². The van der Waals surface area contributed by atoms with Gasteiger partial charge in [0.25, 0.3) is 0 Å². The topological polar surface area (TPSA) is 23.6 Å². The van der Waals surface area contributed by atoms with Crippen molar-refractivity contribution in [3.63, 3.8) is 0 Å². The largest absolute Gasteiger partial charge is 0.342 e. The summed E-state index contributed by atoms with van der Waals surface area (Å²) in [4.78, 5) is 17.9. The predicted molar refractivity (Wildman–Crippen MR) is 139 cm³/mol. The molecule has 0 radical (unpaired) electrons. The van der Waals surface area contributed by atoms with Crippen LogP contribution in [0.2, 0.25) is 0 Å². The van der Waals surface area contributed by atoms with Crippen LogP contribution in [0, 0.1) is 5.92 Å². The molecular formula is C31H36N2O. The number of piperidine rings is 1. The van der Waals surface area contributed by atoms with E-state index in [4.69, 9.17) is 0 Å². The summed E-state index contributed by atoms with van der Waals surface area (Å²) in [6, 6.07) is 32.2. The summed E-state index contributed by atoms with van der Waals surface area (Å²) in [5, 5.41) is 0. The molecular weight excluding hydrogens is 416 g/mol. The van der Waals surface area contributed by atoms with Crippen molar-refractivity contribution in [2.45, 2.75) is 37.5 Å². The first-order chi connectivity index (χ1) is 16.8. The molecule has 3 aromatic carbocycles. The lowest BCUT2D eigenvalue weighted by molar-refractivity contribution is -0.130. The fourth-order valence-corrected chi connectivity index (χ4v) is 5.90. The Morgan fingerprint density at radius 1 is 0.735 bits per heavy atom. The van der Waals surface area contributed by atoms with Crippen molar-refractivity contribution in [3.05, 3.63) is 108 Å². The number of carbonyl (C=O) groups excluding carboxylic acids is 1. The maximum atomic E-state index is 13.1. The van der Waals surface area contributed by atoms with Gasteiger partial charge in [0, 0.05) is 32.0 Å². The SMILES string of the molecule is O=C(CCc1ccccc1)N1CC(CN2CCC(c3ccccc3)CC2)C(c2ccccc2)C1. The van der Waals surface area contributed by atoms with Gasteiger partial charge in [-0.25, -0.2) is 0 Å².